The average molecular weight is 312 g/mol. The van der Waals surface area contributed by atoms with Gasteiger partial charge in [0, 0.05) is 19.8 Å². The summed E-state index contributed by atoms with van der Waals surface area (Å²) in [5.74, 6) is -1.00. The van der Waals surface area contributed by atoms with Crippen molar-refractivity contribution in [2.75, 3.05) is 19.8 Å². The maximum Gasteiger partial charge on any atom is 0.523 e. The van der Waals surface area contributed by atoms with Crippen molar-refractivity contribution in [2.24, 2.45) is 0 Å². The number of carbonyl (C=O) groups is 1. The minimum atomic E-state index is -3.45. The van der Waals surface area contributed by atoms with Crippen LogP contribution in [-0.2, 0) is 23.1 Å². The number of hydrogen-bond acceptors (Lipinski definition) is 4. The molecular weight excluding hydrogens is 288 g/mol. The van der Waals surface area contributed by atoms with Crippen LogP contribution in [0, 0.1) is 0 Å². The van der Waals surface area contributed by atoms with Gasteiger partial charge in [-0.1, -0.05) is 30.3 Å². The predicted molar refractivity (Wildman–Crippen MR) is 82.1 cm³/mol. The van der Waals surface area contributed by atoms with Gasteiger partial charge in [0.15, 0.2) is 5.04 Å². The van der Waals surface area contributed by atoms with E-state index >= 15 is 0 Å². The number of hydrogen-bond donors (Lipinski definition) is 1. The van der Waals surface area contributed by atoms with Gasteiger partial charge in [0.05, 0.1) is 0 Å². The molecule has 21 heavy (non-hydrogen) atoms. The summed E-state index contributed by atoms with van der Waals surface area (Å²) in [6, 6.07) is 9.00. The summed E-state index contributed by atoms with van der Waals surface area (Å²) in [6.07, 6.45) is 0. The Balaban J connectivity index is 3.47. The highest BCUT2D eigenvalue weighted by molar-refractivity contribution is 6.68. The van der Waals surface area contributed by atoms with E-state index in [0.717, 1.165) is 0 Å². The lowest BCUT2D eigenvalue weighted by atomic mass is 10.0. The van der Waals surface area contributed by atoms with Crippen molar-refractivity contribution in [1.29, 1.82) is 0 Å². The molecule has 1 rings (SSSR count). The molecule has 0 spiro atoms. The summed E-state index contributed by atoms with van der Waals surface area (Å²) in [6.45, 7) is 8.07. The van der Waals surface area contributed by atoms with Crippen LogP contribution >= 0.6 is 0 Å². The highest BCUT2D eigenvalue weighted by Crippen LogP contribution is 2.37. The first-order chi connectivity index (χ1) is 9.98. The fourth-order valence-corrected chi connectivity index (χ4v) is 5.37. The first-order valence-electron chi connectivity index (χ1n) is 7.19. The van der Waals surface area contributed by atoms with Gasteiger partial charge in [-0.3, -0.25) is 4.79 Å². The first kappa shape index (κ1) is 17.8. The number of carboxylic acid groups (broad SMARTS) is 1. The molecule has 1 N–H and O–H groups in total. The quantitative estimate of drug-likeness (QED) is 0.710. The summed E-state index contributed by atoms with van der Waals surface area (Å²) in [4.78, 5) is 12.1. The lowest BCUT2D eigenvalue weighted by molar-refractivity contribution is -0.143. The molecular formula is C15H24O5Si. The minimum Gasteiger partial charge on any atom is -0.481 e. The van der Waals surface area contributed by atoms with Crippen LogP contribution in [0.15, 0.2) is 30.3 Å². The van der Waals surface area contributed by atoms with Crippen LogP contribution in [0.2, 0.25) is 0 Å². The normalized spacial score (nSPS) is 14.7. The van der Waals surface area contributed by atoms with Crippen LogP contribution in [-0.4, -0.2) is 39.7 Å². The fraction of sp³-hybridized carbons (Fsp3) is 0.533. The second-order valence-corrected chi connectivity index (χ2v) is 7.63. The van der Waals surface area contributed by atoms with Gasteiger partial charge in [-0.15, -0.1) is 0 Å². The fourth-order valence-electron chi connectivity index (χ4n) is 2.33. The molecule has 5 nitrogen and oxygen atoms in total. The van der Waals surface area contributed by atoms with E-state index < -0.39 is 19.8 Å². The smallest absolute Gasteiger partial charge is 0.481 e. The van der Waals surface area contributed by atoms with Gasteiger partial charge in [-0.05, 0) is 33.3 Å². The second kappa shape index (κ2) is 7.70. The maximum atomic E-state index is 12.1. The van der Waals surface area contributed by atoms with E-state index in [2.05, 4.69) is 0 Å². The highest BCUT2D eigenvalue weighted by Gasteiger charge is 2.64. The zero-order chi connectivity index (χ0) is 15.9. The van der Waals surface area contributed by atoms with Crippen molar-refractivity contribution < 1.29 is 23.2 Å². The molecule has 0 bridgehead atoms. The number of rotatable bonds is 9. The van der Waals surface area contributed by atoms with Gasteiger partial charge in [0.25, 0.3) is 0 Å². The van der Waals surface area contributed by atoms with Crippen LogP contribution in [0.3, 0.4) is 0 Å². The van der Waals surface area contributed by atoms with Crippen LogP contribution in [0.25, 0.3) is 0 Å². The first-order valence-corrected chi connectivity index (χ1v) is 8.91. The third kappa shape index (κ3) is 3.34. The molecule has 1 aromatic rings. The second-order valence-electron chi connectivity index (χ2n) is 4.65. The van der Waals surface area contributed by atoms with Crippen molar-refractivity contribution in [3.05, 3.63) is 35.9 Å². The van der Waals surface area contributed by atoms with Crippen LogP contribution in [0.1, 0.15) is 33.3 Å². The Morgan fingerprint density at radius 2 is 1.48 bits per heavy atom. The molecule has 0 aliphatic heterocycles. The summed E-state index contributed by atoms with van der Waals surface area (Å²) < 4.78 is 17.4. The Morgan fingerprint density at radius 3 is 1.81 bits per heavy atom. The van der Waals surface area contributed by atoms with Gasteiger partial charge in [-0.2, -0.15) is 0 Å². The van der Waals surface area contributed by atoms with Crippen LogP contribution < -0.4 is 0 Å². The Bertz CT molecular complexity index is 434. The molecule has 1 atom stereocenters. The number of aliphatic carboxylic acids is 1. The van der Waals surface area contributed by atoms with Crippen molar-refractivity contribution in [3.63, 3.8) is 0 Å². The van der Waals surface area contributed by atoms with Crippen molar-refractivity contribution in [3.8, 4) is 0 Å². The summed E-state index contributed by atoms with van der Waals surface area (Å²) in [5.41, 5.74) is 0.625. The Labute approximate surface area is 127 Å². The van der Waals surface area contributed by atoms with E-state index in [9.17, 15) is 9.90 Å². The lowest BCUT2D eigenvalue weighted by Gasteiger charge is -2.40. The van der Waals surface area contributed by atoms with Crippen molar-refractivity contribution in [2.45, 2.75) is 32.7 Å². The van der Waals surface area contributed by atoms with E-state index in [1.165, 1.54) is 0 Å². The molecule has 1 unspecified atom stereocenters. The third-order valence-corrected chi connectivity index (χ3v) is 7.13. The lowest BCUT2D eigenvalue weighted by Crippen LogP contribution is -2.65. The minimum absolute atomic E-state index is 0.335. The molecule has 0 saturated carbocycles. The Kier molecular flexibility index (Phi) is 6.54. The third-order valence-electron chi connectivity index (χ3n) is 3.39. The van der Waals surface area contributed by atoms with Gasteiger partial charge in [-0.25, -0.2) is 0 Å². The Morgan fingerprint density at radius 1 is 1.05 bits per heavy atom. The van der Waals surface area contributed by atoms with Crippen LogP contribution in [0.5, 0.6) is 0 Å². The van der Waals surface area contributed by atoms with Gasteiger partial charge in [0.1, 0.15) is 0 Å². The molecule has 6 heteroatoms. The van der Waals surface area contributed by atoms with E-state index in [-0.39, 0.29) is 0 Å². The molecule has 0 radical (unpaired) electrons. The summed E-state index contributed by atoms with van der Waals surface area (Å²) in [5, 5.41) is 8.55. The van der Waals surface area contributed by atoms with Crippen LogP contribution in [0.4, 0.5) is 0 Å². The standard InChI is InChI=1S/C15H24O5Si/c1-5-18-21(19-6-2,20-7-3)15(4,14(16)17)13-11-9-8-10-12-13/h8-12H,5-7H2,1-4H3,(H,16,17). The molecule has 0 aliphatic carbocycles. The Hall–Kier alpha value is -1.21. The van der Waals surface area contributed by atoms with E-state index in [4.69, 9.17) is 13.3 Å². The molecule has 0 fully saturated rings. The highest BCUT2D eigenvalue weighted by atomic mass is 28.4. The predicted octanol–water partition coefficient (Wildman–Crippen LogP) is 2.62. The number of carboxylic acids is 1. The number of benzene rings is 1. The van der Waals surface area contributed by atoms with Gasteiger partial charge < -0.3 is 18.4 Å². The van der Waals surface area contributed by atoms with Gasteiger partial charge >= 0.3 is 14.8 Å². The summed E-state index contributed by atoms with van der Waals surface area (Å²) >= 11 is 0. The summed E-state index contributed by atoms with van der Waals surface area (Å²) in [7, 11) is -3.45. The molecule has 0 aliphatic rings. The maximum absolute atomic E-state index is 12.1. The average Bonchev–Trinajstić information content (AvgIpc) is 2.47. The van der Waals surface area contributed by atoms with Crippen molar-refractivity contribution in [1.82, 2.24) is 0 Å². The largest absolute Gasteiger partial charge is 0.523 e. The molecule has 118 valence electrons. The van der Waals surface area contributed by atoms with Gasteiger partial charge in [0.2, 0.25) is 0 Å². The van der Waals surface area contributed by atoms with E-state index in [1.54, 1.807) is 31.2 Å². The SMILES string of the molecule is CCO[Si](OCC)(OCC)C(C)(C(=O)O)c1ccccc1. The molecule has 0 aromatic heterocycles. The zero-order valence-electron chi connectivity index (χ0n) is 13.1. The molecule has 0 heterocycles. The van der Waals surface area contributed by atoms with E-state index in [0.29, 0.717) is 25.4 Å². The monoisotopic (exact) mass is 312 g/mol. The molecule has 1 aromatic carbocycles. The van der Waals surface area contributed by atoms with Crippen molar-refractivity contribution >= 4 is 14.8 Å². The zero-order valence-corrected chi connectivity index (χ0v) is 14.1. The van der Waals surface area contributed by atoms with E-state index in [1.807, 2.05) is 26.8 Å². The molecule has 0 amide bonds. The molecule has 0 saturated heterocycles. The topological polar surface area (TPSA) is 65.0 Å².